The van der Waals surface area contributed by atoms with Crippen molar-refractivity contribution in [3.8, 4) is 0 Å². The molecule has 0 heterocycles. The van der Waals surface area contributed by atoms with Gasteiger partial charge in [0.25, 0.3) is 0 Å². The molecule has 0 saturated heterocycles. The Morgan fingerprint density at radius 1 is 1.31 bits per heavy atom. The van der Waals surface area contributed by atoms with E-state index in [1.54, 1.807) is 0 Å². The van der Waals surface area contributed by atoms with E-state index >= 15 is 0 Å². The average Bonchev–Trinajstić information content (AvgIpc) is 2.21. The summed E-state index contributed by atoms with van der Waals surface area (Å²) in [6.07, 6.45) is 1.00. The van der Waals surface area contributed by atoms with E-state index in [-0.39, 0.29) is 6.54 Å². The minimum atomic E-state index is -0.982. The van der Waals surface area contributed by atoms with E-state index in [0.29, 0.717) is 19.4 Å². The summed E-state index contributed by atoms with van der Waals surface area (Å²) in [4.78, 5) is 21.2. The van der Waals surface area contributed by atoms with Crippen molar-refractivity contribution < 1.29 is 19.8 Å². The van der Waals surface area contributed by atoms with Gasteiger partial charge in [0.15, 0.2) is 0 Å². The first kappa shape index (κ1) is 14.8. The van der Waals surface area contributed by atoms with Gasteiger partial charge in [0.1, 0.15) is 6.04 Å². The van der Waals surface area contributed by atoms with Gasteiger partial charge in [0.2, 0.25) is 0 Å². The first-order valence-corrected chi connectivity index (χ1v) is 5.13. The first-order chi connectivity index (χ1) is 7.49. The van der Waals surface area contributed by atoms with Crippen molar-refractivity contribution in [3.05, 3.63) is 0 Å². The van der Waals surface area contributed by atoms with E-state index in [2.05, 4.69) is 10.9 Å². The molecule has 94 valence electrons. The topological polar surface area (TPSA) is 125 Å². The van der Waals surface area contributed by atoms with E-state index in [4.69, 9.17) is 15.9 Å². The molecule has 0 aliphatic rings. The lowest BCUT2D eigenvalue weighted by Crippen LogP contribution is -2.47. The Hall–Kier alpha value is -1.18. The second-order valence-corrected chi connectivity index (χ2v) is 3.59. The highest BCUT2D eigenvalue weighted by Gasteiger charge is 2.17. The highest BCUT2D eigenvalue weighted by molar-refractivity contribution is 5.73. The van der Waals surface area contributed by atoms with Crippen molar-refractivity contribution in [1.29, 1.82) is 0 Å². The number of aliphatic carboxylic acids is 2. The predicted octanol–water partition coefficient (Wildman–Crippen LogP) is -1.01. The van der Waals surface area contributed by atoms with Crippen molar-refractivity contribution in [2.75, 3.05) is 13.1 Å². The predicted molar refractivity (Wildman–Crippen MR) is 57.7 cm³/mol. The molecule has 0 amide bonds. The molecular weight excluding hydrogens is 214 g/mol. The van der Waals surface area contributed by atoms with Gasteiger partial charge in [-0.25, -0.2) is 5.43 Å². The largest absolute Gasteiger partial charge is 0.481 e. The molecule has 0 rings (SSSR count). The molecule has 0 aromatic carbocycles. The molecule has 0 radical (unpaired) electrons. The lowest BCUT2D eigenvalue weighted by molar-refractivity contribution is -0.141. The van der Waals surface area contributed by atoms with Crippen LogP contribution in [-0.2, 0) is 9.59 Å². The van der Waals surface area contributed by atoms with Gasteiger partial charge in [0.05, 0.1) is 5.92 Å². The highest BCUT2D eigenvalue weighted by Crippen LogP contribution is 1.96. The fraction of sp³-hybridized carbons (Fsp3) is 0.778. The molecule has 0 saturated carbocycles. The van der Waals surface area contributed by atoms with Crippen LogP contribution in [0.4, 0.5) is 0 Å². The molecule has 0 aliphatic carbocycles. The number of hydrogen-bond acceptors (Lipinski definition) is 5. The van der Waals surface area contributed by atoms with E-state index < -0.39 is 23.9 Å². The molecule has 7 heteroatoms. The van der Waals surface area contributed by atoms with Gasteiger partial charge in [-0.3, -0.25) is 15.0 Å². The summed E-state index contributed by atoms with van der Waals surface area (Å²) >= 11 is 0. The number of nitrogens with two attached hydrogens (primary N) is 1. The molecule has 6 N–H and O–H groups in total. The maximum absolute atomic E-state index is 10.8. The van der Waals surface area contributed by atoms with Crippen molar-refractivity contribution >= 4 is 11.9 Å². The summed E-state index contributed by atoms with van der Waals surface area (Å²) in [5.41, 5.74) is 10.5. The number of carbonyl (C=O) groups is 2. The van der Waals surface area contributed by atoms with Gasteiger partial charge in [-0.15, -0.1) is 0 Å². The Balaban J connectivity index is 3.84. The Kier molecular flexibility index (Phi) is 7.44. The third kappa shape index (κ3) is 6.33. The average molecular weight is 233 g/mol. The van der Waals surface area contributed by atoms with Crippen LogP contribution in [0.3, 0.4) is 0 Å². The maximum Gasteiger partial charge on any atom is 0.322 e. The van der Waals surface area contributed by atoms with Gasteiger partial charge < -0.3 is 15.9 Å². The fourth-order valence-electron chi connectivity index (χ4n) is 1.00. The molecule has 0 aliphatic heterocycles. The third-order valence-corrected chi connectivity index (χ3v) is 2.10. The molecule has 1 unspecified atom stereocenters. The number of rotatable bonds is 9. The number of carboxylic acids is 2. The minimum Gasteiger partial charge on any atom is -0.481 e. The smallest absolute Gasteiger partial charge is 0.322 e. The van der Waals surface area contributed by atoms with Crippen molar-refractivity contribution in [1.82, 2.24) is 10.9 Å². The van der Waals surface area contributed by atoms with Crippen molar-refractivity contribution in [3.63, 3.8) is 0 Å². The van der Waals surface area contributed by atoms with E-state index in [0.717, 1.165) is 0 Å². The zero-order chi connectivity index (χ0) is 12.6. The molecule has 0 aromatic heterocycles. The zero-order valence-corrected chi connectivity index (χ0v) is 9.27. The summed E-state index contributed by atoms with van der Waals surface area (Å²) in [7, 11) is 0. The lowest BCUT2D eigenvalue weighted by atomic mass is 10.1. The molecule has 2 atom stereocenters. The Morgan fingerprint density at radius 2 is 1.94 bits per heavy atom. The standard InChI is InChI=1S/C9H19N3O4/c1-6(8(13)14)5-11-12-7(9(15)16)3-2-4-10/h6-7,11-12H,2-5,10H2,1H3,(H,13,14)(H,15,16)/t6?,7-/m0/s1. The normalized spacial score (nSPS) is 14.4. The van der Waals surface area contributed by atoms with Gasteiger partial charge in [-0.2, -0.15) is 0 Å². The summed E-state index contributed by atoms with van der Waals surface area (Å²) in [5, 5.41) is 17.4. The van der Waals surface area contributed by atoms with Crippen LogP contribution in [0, 0.1) is 5.92 Å². The molecule has 16 heavy (non-hydrogen) atoms. The first-order valence-electron chi connectivity index (χ1n) is 5.13. The number of hydrogen-bond donors (Lipinski definition) is 5. The van der Waals surface area contributed by atoms with Crippen LogP contribution in [0.15, 0.2) is 0 Å². The Morgan fingerprint density at radius 3 is 2.38 bits per heavy atom. The highest BCUT2D eigenvalue weighted by atomic mass is 16.4. The zero-order valence-electron chi connectivity index (χ0n) is 9.27. The minimum absolute atomic E-state index is 0.168. The number of nitrogens with one attached hydrogen (secondary N) is 2. The second-order valence-electron chi connectivity index (χ2n) is 3.59. The van der Waals surface area contributed by atoms with E-state index in [1.807, 2.05) is 0 Å². The van der Waals surface area contributed by atoms with Crippen molar-refractivity contribution in [2.45, 2.75) is 25.8 Å². The van der Waals surface area contributed by atoms with Crippen LogP contribution in [-0.4, -0.2) is 41.3 Å². The SMILES string of the molecule is CC(CNN[C@@H](CCCN)C(=O)O)C(=O)O. The van der Waals surface area contributed by atoms with Crippen LogP contribution in [0.25, 0.3) is 0 Å². The molecular formula is C9H19N3O4. The summed E-state index contributed by atoms with van der Waals surface area (Å²) < 4.78 is 0. The fourth-order valence-corrected chi connectivity index (χ4v) is 1.00. The van der Waals surface area contributed by atoms with Gasteiger partial charge in [0, 0.05) is 6.54 Å². The van der Waals surface area contributed by atoms with Gasteiger partial charge in [-0.1, -0.05) is 6.92 Å². The van der Waals surface area contributed by atoms with Crippen LogP contribution in [0.1, 0.15) is 19.8 Å². The van der Waals surface area contributed by atoms with E-state index in [1.165, 1.54) is 6.92 Å². The van der Waals surface area contributed by atoms with E-state index in [9.17, 15) is 9.59 Å². The summed E-state index contributed by atoms with van der Waals surface area (Å²) in [5.74, 6) is -2.48. The summed E-state index contributed by atoms with van der Waals surface area (Å²) in [6, 6.07) is -0.746. The lowest BCUT2D eigenvalue weighted by Gasteiger charge is -2.16. The summed E-state index contributed by atoms with van der Waals surface area (Å²) in [6.45, 7) is 2.13. The van der Waals surface area contributed by atoms with Crippen LogP contribution in [0.5, 0.6) is 0 Å². The van der Waals surface area contributed by atoms with Crippen LogP contribution < -0.4 is 16.6 Å². The quantitative estimate of drug-likeness (QED) is 0.323. The molecule has 7 nitrogen and oxygen atoms in total. The van der Waals surface area contributed by atoms with Gasteiger partial charge >= 0.3 is 11.9 Å². The van der Waals surface area contributed by atoms with Gasteiger partial charge in [-0.05, 0) is 19.4 Å². The molecule has 0 fully saturated rings. The Labute approximate surface area is 94.0 Å². The second kappa shape index (κ2) is 8.03. The van der Waals surface area contributed by atoms with Crippen LogP contribution in [0.2, 0.25) is 0 Å². The number of hydrazine groups is 1. The monoisotopic (exact) mass is 233 g/mol. The molecule has 0 aromatic rings. The maximum atomic E-state index is 10.8. The molecule has 0 spiro atoms. The third-order valence-electron chi connectivity index (χ3n) is 2.10. The Bertz CT molecular complexity index is 235. The molecule has 0 bridgehead atoms. The number of carboxylic acid groups (broad SMARTS) is 2. The van der Waals surface area contributed by atoms with Crippen LogP contribution >= 0.6 is 0 Å². The van der Waals surface area contributed by atoms with Crippen molar-refractivity contribution in [2.24, 2.45) is 11.7 Å².